The lowest BCUT2D eigenvalue weighted by Gasteiger charge is -2.30. The van der Waals surface area contributed by atoms with Crippen LogP contribution in [0.4, 0.5) is 5.69 Å². The van der Waals surface area contributed by atoms with Crippen molar-refractivity contribution in [2.45, 2.75) is 18.8 Å². The molecule has 5 nitrogen and oxygen atoms in total. The van der Waals surface area contributed by atoms with Gasteiger partial charge in [-0.25, -0.2) is 0 Å². The zero-order valence-electron chi connectivity index (χ0n) is 15.5. The molecule has 1 unspecified atom stereocenters. The van der Waals surface area contributed by atoms with Crippen LogP contribution in [-0.4, -0.2) is 39.9 Å². The van der Waals surface area contributed by atoms with Gasteiger partial charge >= 0.3 is 0 Å². The third kappa shape index (κ3) is 4.76. The maximum Gasteiger partial charge on any atom is 0.195 e. The molecule has 0 bridgehead atoms. The Balaban J connectivity index is 1.49. The minimum Gasteiger partial charge on any atom is -0.493 e. The van der Waals surface area contributed by atoms with Gasteiger partial charge in [0.2, 0.25) is 0 Å². The second kappa shape index (κ2) is 9.25. The molecule has 3 rings (SSSR count). The minimum atomic E-state index is 0.556. The van der Waals surface area contributed by atoms with E-state index in [1.165, 1.54) is 11.1 Å². The lowest BCUT2D eigenvalue weighted by molar-refractivity contribution is 0.172. The van der Waals surface area contributed by atoms with Crippen LogP contribution in [0.15, 0.2) is 53.5 Å². The van der Waals surface area contributed by atoms with Crippen LogP contribution >= 0.6 is 0 Å². The Bertz CT molecular complexity index is 746. The molecular formula is C21H27N3O2. The summed E-state index contributed by atoms with van der Waals surface area (Å²) in [4.78, 5) is 4.32. The summed E-state index contributed by atoms with van der Waals surface area (Å²) in [6, 6.07) is 16.6. The van der Waals surface area contributed by atoms with Gasteiger partial charge in [0.25, 0.3) is 0 Å². The molecule has 0 fully saturated rings. The maximum atomic E-state index is 5.75. The predicted octanol–water partition coefficient (Wildman–Crippen LogP) is 3.43. The van der Waals surface area contributed by atoms with Gasteiger partial charge < -0.3 is 20.1 Å². The molecule has 26 heavy (non-hydrogen) atoms. The molecule has 138 valence electrons. The summed E-state index contributed by atoms with van der Waals surface area (Å²) < 4.78 is 10.8. The van der Waals surface area contributed by atoms with E-state index in [0.717, 1.165) is 36.8 Å². The van der Waals surface area contributed by atoms with Gasteiger partial charge in [-0.15, -0.1) is 0 Å². The van der Waals surface area contributed by atoms with Crippen molar-refractivity contribution in [2.24, 2.45) is 4.99 Å². The Morgan fingerprint density at radius 1 is 1.15 bits per heavy atom. The highest BCUT2D eigenvalue weighted by atomic mass is 16.5. The van der Waals surface area contributed by atoms with E-state index in [1.807, 2.05) is 24.3 Å². The Labute approximate surface area is 155 Å². The number of guanidine groups is 1. The van der Waals surface area contributed by atoms with Gasteiger partial charge in [0, 0.05) is 51.4 Å². The zero-order valence-corrected chi connectivity index (χ0v) is 15.5. The molecule has 0 saturated heterocycles. The first-order chi connectivity index (χ1) is 12.8. The topological polar surface area (TPSA) is 54.9 Å². The van der Waals surface area contributed by atoms with E-state index in [-0.39, 0.29) is 0 Å². The smallest absolute Gasteiger partial charge is 0.195 e. The van der Waals surface area contributed by atoms with Crippen molar-refractivity contribution < 1.29 is 9.47 Å². The van der Waals surface area contributed by atoms with Crippen molar-refractivity contribution in [3.05, 3.63) is 59.7 Å². The number of nitrogens with one attached hydrogen (secondary N) is 2. The summed E-state index contributed by atoms with van der Waals surface area (Å²) in [6.07, 6.45) is 2.01. The van der Waals surface area contributed by atoms with E-state index >= 15 is 0 Å². The Hall–Kier alpha value is -2.53. The molecule has 0 saturated carbocycles. The van der Waals surface area contributed by atoms with E-state index in [9.17, 15) is 0 Å². The molecule has 1 aliphatic carbocycles. The Morgan fingerprint density at radius 2 is 2.04 bits per heavy atom. The number of methoxy groups -OCH3 is 1. The lowest BCUT2D eigenvalue weighted by Crippen LogP contribution is -2.37. The SMILES string of the molecule is CN=C(NCC1Cc2ccccc21)Nc1cccc(OCCCOC)c1. The van der Waals surface area contributed by atoms with Gasteiger partial charge in [-0.3, -0.25) is 4.99 Å². The zero-order chi connectivity index (χ0) is 18.2. The fourth-order valence-corrected chi connectivity index (χ4v) is 3.14. The fraction of sp³-hybridized carbons (Fsp3) is 0.381. The number of nitrogens with zero attached hydrogens (tertiary/aromatic N) is 1. The average molecular weight is 353 g/mol. The van der Waals surface area contributed by atoms with Crippen molar-refractivity contribution in [3.8, 4) is 5.75 Å². The van der Waals surface area contributed by atoms with Gasteiger partial charge in [0.15, 0.2) is 5.96 Å². The molecular weight excluding hydrogens is 326 g/mol. The van der Waals surface area contributed by atoms with Gasteiger partial charge in [0.05, 0.1) is 6.61 Å². The Kier molecular flexibility index (Phi) is 6.50. The number of anilines is 1. The van der Waals surface area contributed by atoms with Crippen molar-refractivity contribution in [2.75, 3.05) is 39.2 Å². The van der Waals surface area contributed by atoms with Crippen LogP contribution in [0.1, 0.15) is 23.5 Å². The molecule has 0 aliphatic heterocycles. The fourth-order valence-electron chi connectivity index (χ4n) is 3.14. The van der Waals surface area contributed by atoms with Crippen LogP contribution < -0.4 is 15.4 Å². The van der Waals surface area contributed by atoms with E-state index in [2.05, 4.69) is 39.9 Å². The maximum absolute atomic E-state index is 5.75. The molecule has 0 spiro atoms. The number of benzene rings is 2. The van der Waals surface area contributed by atoms with Crippen molar-refractivity contribution >= 4 is 11.6 Å². The van der Waals surface area contributed by atoms with Gasteiger partial charge in [-0.1, -0.05) is 30.3 Å². The molecule has 1 atom stereocenters. The standard InChI is InChI=1S/C21H27N3O2/c1-22-21(23-15-17-13-16-7-3-4-10-20(16)17)24-18-8-5-9-19(14-18)26-12-6-11-25-2/h3-5,7-10,14,17H,6,11-13,15H2,1-2H3,(H2,22,23,24). The second-order valence-corrected chi connectivity index (χ2v) is 6.40. The molecule has 5 heteroatoms. The summed E-state index contributed by atoms with van der Waals surface area (Å²) in [6.45, 7) is 2.23. The molecule has 1 aliphatic rings. The van der Waals surface area contributed by atoms with E-state index < -0.39 is 0 Å². The second-order valence-electron chi connectivity index (χ2n) is 6.40. The highest BCUT2D eigenvalue weighted by Gasteiger charge is 2.25. The molecule has 2 aromatic rings. The monoisotopic (exact) mass is 353 g/mol. The third-order valence-corrected chi connectivity index (χ3v) is 4.56. The van der Waals surface area contributed by atoms with Crippen LogP contribution in [0.3, 0.4) is 0 Å². The summed E-state index contributed by atoms with van der Waals surface area (Å²) in [5.74, 6) is 2.17. The normalized spacial score (nSPS) is 15.8. The highest BCUT2D eigenvalue weighted by Crippen LogP contribution is 2.33. The quantitative estimate of drug-likeness (QED) is 0.434. The van der Waals surface area contributed by atoms with E-state index in [4.69, 9.17) is 9.47 Å². The van der Waals surface area contributed by atoms with E-state index in [1.54, 1.807) is 14.2 Å². The molecule has 2 aromatic carbocycles. The number of hydrogen-bond donors (Lipinski definition) is 2. The van der Waals surface area contributed by atoms with Crippen LogP contribution in [0.2, 0.25) is 0 Å². The third-order valence-electron chi connectivity index (χ3n) is 4.56. The van der Waals surface area contributed by atoms with Crippen LogP contribution in [0.25, 0.3) is 0 Å². The summed E-state index contributed by atoms with van der Waals surface area (Å²) >= 11 is 0. The van der Waals surface area contributed by atoms with Gasteiger partial charge in [0.1, 0.15) is 5.75 Å². The number of fused-ring (bicyclic) bond motifs is 1. The van der Waals surface area contributed by atoms with Crippen LogP contribution in [0.5, 0.6) is 5.75 Å². The molecule has 0 heterocycles. The number of rotatable bonds is 8. The highest BCUT2D eigenvalue weighted by molar-refractivity contribution is 5.93. The van der Waals surface area contributed by atoms with Crippen LogP contribution in [-0.2, 0) is 11.2 Å². The molecule has 0 amide bonds. The van der Waals surface area contributed by atoms with Gasteiger partial charge in [-0.05, 0) is 29.7 Å². The molecule has 2 N–H and O–H groups in total. The van der Waals surface area contributed by atoms with Crippen molar-refractivity contribution in [3.63, 3.8) is 0 Å². The summed E-state index contributed by atoms with van der Waals surface area (Å²) in [7, 11) is 3.49. The number of ether oxygens (including phenoxy) is 2. The number of hydrogen-bond acceptors (Lipinski definition) is 3. The number of aliphatic imine (C=N–C) groups is 1. The molecule has 0 aromatic heterocycles. The first-order valence-electron chi connectivity index (χ1n) is 9.07. The minimum absolute atomic E-state index is 0.556. The predicted molar refractivity (Wildman–Crippen MR) is 106 cm³/mol. The van der Waals surface area contributed by atoms with Crippen molar-refractivity contribution in [1.29, 1.82) is 0 Å². The first kappa shape index (κ1) is 18.3. The molecule has 0 radical (unpaired) electrons. The van der Waals surface area contributed by atoms with Crippen LogP contribution in [0, 0.1) is 0 Å². The average Bonchev–Trinajstić information content (AvgIpc) is 2.65. The first-order valence-corrected chi connectivity index (χ1v) is 9.07. The summed E-state index contributed by atoms with van der Waals surface area (Å²) in [5, 5.41) is 6.75. The summed E-state index contributed by atoms with van der Waals surface area (Å²) in [5.41, 5.74) is 3.86. The largest absolute Gasteiger partial charge is 0.493 e. The Morgan fingerprint density at radius 3 is 2.85 bits per heavy atom. The van der Waals surface area contributed by atoms with Crippen molar-refractivity contribution in [1.82, 2.24) is 5.32 Å². The van der Waals surface area contributed by atoms with Gasteiger partial charge in [-0.2, -0.15) is 0 Å². The lowest BCUT2D eigenvalue weighted by atomic mass is 9.78. The van der Waals surface area contributed by atoms with E-state index in [0.29, 0.717) is 19.1 Å².